The first-order valence-electron chi connectivity index (χ1n) is 11.7. The standard InChI is InChI=1S/C25H28N6S2/c1-30-10-12-31(13-11-30)19(21-8-4-14-32-21)16-27-24-22-18-6-2-7-20(18)33-25(22)29-23(28-24)17-5-3-9-26-15-17/h3-5,8-9,14-15,19H,2,6-7,10-13,16H2,1H3,(H,27,28,29)/t19-/m1/s1. The summed E-state index contributed by atoms with van der Waals surface area (Å²) in [6.07, 6.45) is 7.18. The van der Waals surface area contributed by atoms with Crippen LogP contribution >= 0.6 is 22.7 Å². The largest absolute Gasteiger partial charge is 0.367 e. The van der Waals surface area contributed by atoms with Crippen LogP contribution in [0.5, 0.6) is 0 Å². The molecule has 6 nitrogen and oxygen atoms in total. The maximum absolute atomic E-state index is 5.05. The Hall–Kier alpha value is -2.39. The van der Waals surface area contributed by atoms with Crippen LogP contribution < -0.4 is 5.32 Å². The maximum Gasteiger partial charge on any atom is 0.164 e. The van der Waals surface area contributed by atoms with Gasteiger partial charge in [-0.1, -0.05) is 6.07 Å². The average Bonchev–Trinajstić information content (AvgIpc) is 3.59. The molecule has 33 heavy (non-hydrogen) atoms. The SMILES string of the molecule is CN1CCN([C@H](CNc2nc(-c3cccnc3)nc3sc4c(c23)CCC4)c2cccs2)CC1. The van der Waals surface area contributed by atoms with E-state index in [4.69, 9.17) is 9.97 Å². The zero-order valence-electron chi connectivity index (χ0n) is 18.8. The third-order valence-electron chi connectivity index (χ3n) is 6.80. The third kappa shape index (κ3) is 4.17. The predicted molar refractivity (Wildman–Crippen MR) is 137 cm³/mol. The molecule has 1 atom stereocenters. The Morgan fingerprint density at radius 1 is 1.09 bits per heavy atom. The van der Waals surface area contributed by atoms with Crippen molar-refractivity contribution in [2.75, 3.05) is 45.1 Å². The van der Waals surface area contributed by atoms with Gasteiger partial charge in [-0.05, 0) is 55.5 Å². The van der Waals surface area contributed by atoms with Crippen LogP contribution in [0.4, 0.5) is 5.82 Å². The second-order valence-electron chi connectivity index (χ2n) is 8.93. The summed E-state index contributed by atoms with van der Waals surface area (Å²) in [6.45, 7) is 5.25. The molecule has 5 heterocycles. The molecule has 1 saturated heterocycles. The smallest absolute Gasteiger partial charge is 0.164 e. The molecule has 2 aliphatic rings. The van der Waals surface area contributed by atoms with Crippen molar-refractivity contribution in [2.24, 2.45) is 0 Å². The Kier molecular flexibility index (Phi) is 5.84. The number of likely N-dealkylation sites (N-methyl/N-ethyl adjacent to an activating group) is 1. The second kappa shape index (κ2) is 9.10. The lowest BCUT2D eigenvalue weighted by Gasteiger charge is -2.37. The zero-order valence-corrected chi connectivity index (χ0v) is 20.5. The number of piperazine rings is 1. The Morgan fingerprint density at radius 3 is 2.79 bits per heavy atom. The predicted octanol–water partition coefficient (Wildman–Crippen LogP) is 4.70. The van der Waals surface area contributed by atoms with Gasteiger partial charge in [0.25, 0.3) is 0 Å². The highest BCUT2D eigenvalue weighted by molar-refractivity contribution is 7.19. The number of aryl methyl sites for hydroxylation is 2. The average molecular weight is 477 g/mol. The number of hydrogen-bond donors (Lipinski definition) is 1. The van der Waals surface area contributed by atoms with Crippen LogP contribution in [0.2, 0.25) is 0 Å². The van der Waals surface area contributed by atoms with Crippen LogP contribution in [0.1, 0.15) is 27.8 Å². The number of anilines is 1. The Labute approximate surface area is 202 Å². The molecule has 0 saturated carbocycles. The zero-order chi connectivity index (χ0) is 22.2. The maximum atomic E-state index is 5.05. The van der Waals surface area contributed by atoms with Crippen LogP contribution in [-0.2, 0) is 12.8 Å². The summed E-state index contributed by atoms with van der Waals surface area (Å²) in [7, 11) is 2.21. The number of nitrogens with one attached hydrogen (secondary N) is 1. The first-order chi connectivity index (χ1) is 16.3. The van der Waals surface area contributed by atoms with E-state index in [-0.39, 0.29) is 0 Å². The van der Waals surface area contributed by atoms with Crippen LogP contribution in [0.3, 0.4) is 0 Å². The molecule has 1 aliphatic heterocycles. The molecule has 4 aromatic heterocycles. The lowest BCUT2D eigenvalue weighted by Crippen LogP contribution is -2.47. The van der Waals surface area contributed by atoms with Gasteiger partial charge in [-0.3, -0.25) is 9.88 Å². The number of thiophene rings is 2. The van der Waals surface area contributed by atoms with Crippen molar-refractivity contribution in [1.29, 1.82) is 0 Å². The quantitative estimate of drug-likeness (QED) is 0.435. The van der Waals surface area contributed by atoms with E-state index in [1.807, 2.05) is 41.0 Å². The van der Waals surface area contributed by atoms with Gasteiger partial charge >= 0.3 is 0 Å². The fourth-order valence-electron chi connectivity index (χ4n) is 4.97. The number of nitrogens with zero attached hydrogens (tertiary/aromatic N) is 5. The first-order valence-corrected chi connectivity index (χ1v) is 13.4. The number of pyridine rings is 1. The number of rotatable bonds is 6. The molecule has 170 valence electrons. The lowest BCUT2D eigenvalue weighted by molar-refractivity contribution is 0.118. The molecule has 1 fully saturated rings. The fraction of sp³-hybridized carbons (Fsp3) is 0.400. The van der Waals surface area contributed by atoms with Crippen LogP contribution in [0, 0.1) is 0 Å². The molecule has 4 aromatic rings. The number of fused-ring (bicyclic) bond motifs is 3. The molecule has 8 heteroatoms. The minimum atomic E-state index is 0.345. The van der Waals surface area contributed by atoms with Crippen molar-refractivity contribution in [2.45, 2.75) is 25.3 Å². The molecule has 1 N–H and O–H groups in total. The van der Waals surface area contributed by atoms with Crippen LogP contribution in [0.15, 0.2) is 42.0 Å². The van der Waals surface area contributed by atoms with E-state index in [0.29, 0.717) is 6.04 Å². The van der Waals surface area contributed by atoms with E-state index < -0.39 is 0 Å². The highest BCUT2D eigenvalue weighted by Gasteiger charge is 2.27. The minimum absolute atomic E-state index is 0.345. The number of aromatic nitrogens is 3. The monoisotopic (exact) mass is 476 g/mol. The number of hydrogen-bond acceptors (Lipinski definition) is 8. The van der Waals surface area contributed by atoms with Crippen molar-refractivity contribution in [3.05, 3.63) is 57.4 Å². The third-order valence-corrected chi connectivity index (χ3v) is 8.96. The van der Waals surface area contributed by atoms with E-state index in [1.165, 1.54) is 27.1 Å². The summed E-state index contributed by atoms with van der Waals surface area (Å²) >= 11 is 3.70. The molecule has 0 bridgehead atoms. The van der Waals surface area contributed by atoms with E-state index in [0.717, 1.165) is 67.6 Å². The second-order valence-corrected chi connectivity index (χ2v) is 11.0. The van der Waals surface area contributed by atoms with Gasteiger partial charge in [0, 0.05) is 60.4 Å². The molecule has 0 amide bonds. The molecule has 0 aromatic carbocycles. The van der Waals surface area contributed by atoms with E-state index in [9.17, 15) is 0 Å². The Bertz CT molecular complexity index is 1230. The summed E-state index contributed by atoms with van der Waals surface area (Å²) in [4.78, 5) is 23.3. The van der Waals surface area contributed by atoms with Crippen molar-refractivity contribution in [3.8, 4) is 11.4 Å². The van der Waals surface area contributed by atoms with Crippen molar-refractivity contribution >= 4 is 38.7 Å². The van der Waals surface area contributed by atoms with Gasteiger partial charge in [0.1, 0.15) is 10.6 Å². The highest BCUT2D eigenvalue weighted by atomic mass is 32.1. The summed E-state index contributed by atoms with van der Waals surface area (Å²) in [5.41, 5.74) is 2.42. The molecule has 0 radical (unpaired) electrons. The first kappa shape index (κ1) is 21.2. The van der Waals surface area contributed by atoms with Crippen molar-refractivity contribution < 1.29 is 0 Å². The van der Waals surface area contributed by atoms with E-state index in [1.54, 1.807) is 6.20 Å². The van der Waals surface area contributed by atoms with Gasteiger partial charge < -0.3 is 10.2 Å². The molecule has 1 aliphatic carbocycles. The van der Waals surface area contributed by atoms with Gasteiger partial charge in [0.05, 0.1) is 11.4 Å². The minimum Gasteiger partial charge on any atom is -0.367 e. The summed E-state index contributed by atoms with van der Waals surface area (Å²) in [5.74, 6) is 1.74. The van der Waals surface area contributed by atoms with E-state index >= 15 is 0 Å². The van der Waals surface area contributed by atoms with Crippen LogP contribution in [-0.4, -0.2) is 64.5 Å². The summed E-state index contributed by atoms with van der Waals surface area (Å²) in [5, 5.41) is 7.22. The fourth-order valence-corrected chi connectivity index (χ4v) is 7.09. The summed E-state index contributed by atoms with van der Waals surface area (Å²) in [6, 6.07) is 8.77. The van der Waals surface area contributed by atoms with Gasteiger partial charge in [-0.25, -0.2) is 9.97 Å². The topological polar surface area (TPSA) is 57.2 Å². The van der Waals surface area contributed by atoms with Crippen molar-refractivity contribution in [3.63, 3.8) is 0 Å². The Balaban J connectivity index is 1.36. The van der Waals surface area contributed by atoms with Gasteiger partial charge in [-0.2, -0.15) is 0 Å². The molecular weight excluding hydrogens is 448 g/mol. The molecule has 6 rings (SSSR count). The van der Waals surface area contributed by atoms with Crippen LogP contribution in [0.25, 0.3) is 21.6 Å². The van der Waals surface area contributed by atoms with Crippen molar-refractivity contribution in [1.82, 2.24) is 24.8 Å². The van der Waals surface area contributed by atoms with Gasteiger partial charge in [0.2, 0.25) is 0 Å². The summed E-state index contributed by atoms with van der Waals surface area (Å²) < 4.78 is 0. The molecular formula is C25H28N6S2. The van der Waals surface area contributed by atoms with Gasteiger partial charge in [0.15, 0.2) is 5.82 Å². The molecule has 0 unspecified atom stereocenters. The Morgan fingerprint density at radius 2 is 2.00 bits per heavy atom. The highest BCUT2D eigenvalue weighted by Crippen LogP contribution is 2.40. The lowest BCUT2D eigenvalue weighted by atomic mass is 10.1. The molecule has 0 spiro atoms. The normalized spacial score (nSPS) is 18.0. The van der Waals surface area contributed by atoms with Gasteiger partial charge in [-0.15, -0.1) is 22.7 Å². The van der Waals surface area contributed by atoms with E-state index in [2.05, 4.69) is 44.7 Å².